The van der Waals surface area contributed by atoms with E-state index in [2.05, 4.69) is 44.5 Å². The highest BCUT2D eigenvalue weighted by atomic mass is 15.2. The molecule has 0 bridgehead atoms. The number of aromatic nitrogens is 3. The number of benzene rings is 1. The van der Waals surface area contributed by atoms with Crippen LogP contribution >= 0.6 is 0 Å². The summed E-state index contributed by atoms with van der Waals surface area (Å²) in [5, 5.41) is 3.60. The van der Waals surface area contributed by atoms with Gasteiger partial charge in [0.25, 0.3) is 0 Å². The molecule has 0 aliphatic carbocycles. The molecule has 1 N–H and O–H groups in total. The predicted octanol–water partition coefficient (Wildman–Crippen LogP) is 3.30. The first-order valence-corrected chi connectivity index (χ1v) is 8.92. The molecule has 0 saturated carbocycles. The molecule has 2 aliphatic rings. The quantitative estimate of drug-likeness (QED) is 0.741. The zero-order valence-corrected chi connectivity index (χ0v) is 14.4. The summed E-state index contributed by atoms with van der Waals surface area (Å²) in [6.07, 6.45) is 3.92. The molecule has 126 valence electrons. The van der Waals surface area contributed by atoms with Crippen LogP contribution in [0.25, 0.3) is 11.0 Å². The maximum absolute atomic E-state index is 4.70. The predicted molar refractivity (Wildman–Crippen MR) is 100 cm³/mol. The average molecular weight is 331 g/mol. The highest BCUT2D eigenvalue weighted by Crippen LogP contribution is 2.44. The number of hydrogen-bond donors (Lipinski definition) is 1. The molecular weight excluding hydrogens is 310 g/mol. The Bertz CT molecular complexity index is 944. The Morgan fingerprint density at radius 1 is 1.04 bits per heavy atom. The Labute approximate surface area is 147 Å². The zero-order valence-electron chi connectivity index (χ0n) is 14.4. The van der Waals surface area contributed by atoms with Gasteiger partial charge in [-0.15, -0.1) is 0 Å². The monoisotopic (exact) mass is 331 g/mol. The third kappa shape index (κ3) is 2.26. The molecule has 2 aromatic heterocycles. The first-order chi connectivity index (χ1) is 12.3. The number of piperidine rings is 1. The molecule has 5 nitrogen and oxygen atoms in total. The number of anilines is 2. The van der Waals surface area contributed by atoms with Crippen LogP contribution in [0.2, 0.25) is 0 Å². The minimum atomic E-state index is 0.263. The van der Waals surface area contributed by atoms with Gasteiger partial charge in [0.15, 0.2) is 5.82 Å². The van der Waals surface area contributed by atoms with Gasteiger partial charge in [-0.1, -0.05) is 18.2 Å². The van der Waals surface area contributed by atoms with Gasteiger partial charge >= 0.3 is 0 Å². The van der Waals surface area contributed by atoms with Crippen LogP contribution in [0, 0.1) is 6.92 Å². The SMILES string of the molecule is Cc1ccc2ncnc(N3CCC4(CC3)CNc3ccccc34)c2n1. The van der Waals surface area contributed by atoms with E-state index in [-0.39, 0.29) is 5.41 Å². The van der Waals surface area contributed by atoms with Gasteiger partial charge in [-0.25, -0.2) is 15.0 Å². The summed E-state index contributed by atoms with van der Waals surface area (Å²) in [5.41, 5.74) is 5.90. The molecule has 1 spiro atoms. The molecule has 4 heterocycles. The molecule has 1 saturated heterocycles. The van der Waals surface area contributed by atoms with Gasteiger partial charge in [0, 0.05) is 36.4 Å². The van der Waals surface area contributed by atoms with Gasteiger partial charge < -0.3 is 10.2 Å². The van der Waals surface area contributed by atoms with E-state index < -0.39 is 0 Å². The Hall–Kier alpha value is -2.69. The van der Waals surface area contributed by atoms with Gasteiger partial charge in [-0.2, -0.15) is 0 Å². The summed E-state index contributed by atoms with van der Waals surface area (Å²) in [5.74, 6) is 0.975. The van der Waals surface area contributed by atoms with Crippen molar-refractivity contribution in [2.45, 2.75) is 25.2 Å². The number of rotatable bonds is 1. The van der Waals surface area contributed by atoms with Crippen LogP contribution in [0.5, 0.6) is 0 Å². The topological polar surface area (TPSA) is 53.9 Å². The molecule has 0 amide bonds. The average Bonchev–Trinajstić information content (AvgIpc) is 3.01. The van der Waals surface area contributed by atoms with Gasteiger partial charge in [0.05, 0.1) is 5.52 Å². The lowest BCUT2D eigenvalue weighted by Gasteiger charge is -2.40. The summed E-state index contributed by atoms with van der Waals surface area (Å²) < 4.78 is 0. The molecule has 5 heteroatoms. The molecule has 2 aliphatic heterocycles. The number of hydrogen-bond acceptors (Lipinski definition) is 5. The van der Waals surface area contributed by atoms with Crippen LogP contribution in [0.15, 0.2) is 42.7 Å². The van der Waals surface area contributed by atoms with E-state index in [4.69, 9.17) is 4.98 Å². The van der Waals surface area contributed by atoms with E-state index in [1.807, 2.05) is 19.1 Å². The highest BCUT2D eigenvalue weighted by Gasteiger charge is 2.41. The number of aryl methyl sites for hydroxylation is 1. The molecule has 0 unspecified atom stereocenters. The van der Waals surface area contributed by atoms with Crippen molar-refractivity contribution in [1.82, 2.24) is 15.0 Å². The van der Waals surface area contributed by atoms with Crippen LogP contribution in [0.3, 0.4) is 0 Å². The third-order valence-corrected chi connectivity index (χ3v) is 5.74. The van der Waals surface area contributed by atoms with E-state index in [0.29, 0.717) is 0 Å². The number of nitrogens with zero attached hydrogens (tertiary/aromatic N) is 4. The molecule has 5 rings (SSSR count). The maximum atomic E-state index is 4.70. The van der Waals surface area contributed by atoms with Crippen molar-refractivity contribution in [3.63, 3.8) is 0 Å². The van der Waals surface area contributed by atoms with Crippen molar-refractivity contribution < 1.29 is 0 Å². The summed E-state index contributed by atoms with van der Waals surface area (Å²) in [4.78, 5) is 16.0. The Balaban J connectivity index is 1.46. The highest BCUT2D eigenvalue weighted by molar-refractivity contribution is 5.85. The number of fused-ring (bicyclic) bond motifs is 3. The van der Waals surface area contributed by atoms with E-state index in [1.54, 1.807) is 6.33 Å². The normalized spacial score (nSPS) is 18.4. The van der Waals surface area contributed by atoms with Crippen LogP contribution in [-0.4, -0.2) is 34.6 Å². The third-order valence-electron chi connectivity index (χ3n) is 5.74. The Kier molecular flexibility index (Phi) is 3.17. The van der Waals surface area contributed by atoms with Crippen LogP contribution in [0.1, 0.15) is 24.1 Å². The smallest absolute Gasteiger partial charge is 0.158 e. The Morgan fingerprint density at radius 2 is 1.88 bits per heavy atom. The minimum Gasteiger partial charge on any atom is -0.384 e. The summed E-state index contributed by atoms with van der Waals surface area (Å²) in [6.45, 7) is 5.06. The van der Waals surface area contributed by atoms with Crippen molar-refractivity contribution in [1.29, 1.82) is 0 Å². The van der Waals surface area contributed by atoms with Crippen molar-refractivity contribution in [2.24, 2.45) is 0 Å². The van der Waals surface area contributed by atoms with Gasteiger partial charge in [0.1, 0.15) is 11.8 Å². The second-order valence-electron chi connectivity index (χ2n) is 7.18. The van der Waals surface area contributed by atoms with Crippen LogP contribution < -0.4 is 10.2 Å². The fraction of sp³-hybridized carbons (Fsp3) is 0.350. The lowest BCUT2D eigenvalue weighted by Crippen LogP contribution is -2.44. The van der Waals surface area contributed by atoms with Crippen LogP contribution in [0.4, 0.5) is 11.5 Å². The second kappa shape index (κ2) is 5.41. The molecule has 3 aromatic rings. The van der Waals surface area contributed by atoms with Gasteiger partial charge in [-0.05, 0) is 43.5 Å². The molecule has 25 heavy (non-hydrogen) atoms. The molecular formula is C20H21N5. The van der Waals surface area contributed by atoms with Crippen LogP contribution in [-0.2, 0) is 5.41 Å². The lowest BCUT2D eigenvalue weighted by atomic mass is 9.74. The second-order valence-corrected chi connectivity index (χ2v) is 7.18. The van der Waals surface area contributed by atoms with Crippen molar-refractivity contribution >= 4 is 22.5 Å². The summed E-state index contributed by atoms with van der Waals surface area (Å²) in [6, 6.07) is 12.8. The van der Waals surface area contributed by atoms with Gasteiger partial charge in [-0.3, -0.25) is 0 Å². The maximum Gasteiger partial charge on any atom is 0.158 e. The first-order valence-electron chi connectivity index (χ1n) is 8.92. The molecule has 1 aromatic carbocycles. The largest absolute Gasteiger partial charge is 0.384 e. The number of para-hydroxylation sites is 1. The summed E-state index contributed by atoms with van der Waals surface area (Å²) in [7, 11) is 0. The fourth-order valence-electron chi connectivity index (χ4n) is 4.31. The lowest BCUT2D eigenvalue weighted by molar-refractivity contribution is 0.361. The van der Waals surface area contributed by atoms with E-state index in [1.165, 1.54) is 11.3 Å². The number of pyridine rings is 1. The summed E-state index contributed by atoms with van der Waals surface area (Å²) >= 11 is 0. The zero-order chi connectivity index (χ0) is 16.9. The fourth-order valence-corrected chi connectivity index (χ4v) is 4.31. The van der Waals surface area contributed by atoms with E-state index in [0.717, 1.165) is 55.0 Å². The molecule has 0 atom stereocenters. The Morgan fingerprint density at radius 3 is 2.76 bits per heavy atom. The van der Waals surface area contributed by atoms with Crippen molar-refractivity contribution in [2.75, 3.05) is 29.9 Å². The molecule has 0 radical (unpaired) electrons. The van der Waals surface area contributed by atoms with Crippen molar-refractivity contribution in [3.05, 3.63) is 54.0 Å². The number of nitrogens with one attached hydrogen (secondary N) is 1. The van der Waals surface area contributed by atoms with E-state index in [9.17, 15) is 0 Å². The molecule has 1 fully saturated rings. The van der Waals surface area contributed by atoms with Crippen molar-refractivity contribution in [3.8, 4) is 0 Å². The standard InChI is InChI=1S/C20H21N5/c1-14-6-7-17-18(24-14)19(23-13-22-17)25-10-8-20(9-11-25)12-21-16-5-3-2-4-15(16)20/h2-7,13,21H,8-12H2,1H3. The van der Waals surface area contributed by atoms with Gasteiger partial charge in [0.2, 0.25) is 0 Å². The first kappa shape index (κ1) is 14.6. The van der Waals surface area contributed by atoms with E-state index >= 15 is 0 Å². The minimum absolute atomic E-state index is 0.263.